The van der Waals surface area contributed by atoms with Crippen LogP contribution in [0.25, 0.3) is 10.9 Å². The van der Waals surface area contributed by atoms with Gasteiger partial charge in [-0.1, -0.05) is 0 Å². The number of benzene rings is 1. The van der Waals surface area contributed by atoms with Crippen molar-refractivity contribution < 1.29 is 14.5 Å². The number of nitriles is 1. The molecule has 0 aliphatic rings. The van der Waals surface area contributed by atoms with Gasteiger partial charge >= 0.3 is 0 Å². The zero-order valence-corrected chi connectivity index (χ0v) is 16.5. The number of thiocarbonyl (C=S) groups is 1. The third kappa shape index (κ3) is 6.55. The SMILES string of the molecule is CCOc1ccc2[nH+]c(NCCCNC(=S)NCCOC)c(C#N)cc2c1. The molecule has 144 valence electrons. The van der Waals surface area contributed by atoms with E-state index in [1.54, 1.807) is 7.11 Å². The Kier molecular flexibility index (Phi) is 8.55. The van der Waals surface area contributed by atoms with Gasteiger partial charge in [0, 0.05) is 32.0 Å². The molecule has 1 aromatic heterocycles. The Morgan fingerprint density at radius 3 is 2.78 bits per heavy atom. The summed E-state index contributed by atoms with van der Waals surface area (Å²) in [5.74, 6) is 1.51. The fourth-order valence-corrected chi connectivity index (χ4v) is 2.72. The molecule has 0 amide bonds. The number of H-pyrrole nitrogens is 1. The van der Waals surface area contributed by atoms with Crippen LogP contribution >= 0.6 is 12.2 Å². The van der Waals surface area contributed by atoms with Crippen LogP contribution in [0.15, 0.2) is 24.3 Å². The van der Waals surface area contributed by atoms with Crippen LogP contribution < -0.4 is 25.7 Å². The molecule has 4 N–H and O–H groups in total. The van der Waals surface area contributed by atoms with E-state index in [9.17, 15) is 5.26 Å². The number of anilines is 1. The second kappa shape index (κ2) is 11.2. The van der Waals surface area contributed by atoms with Crippen LogP contribution in [0, 0.1) is 11.3 Å². The molecule has 2 aromatic rings. The number of ether oxygens (including phenoxy) is 2. The van der Waals surface area contributed by atoms with Crippen molar-refractivity contribution in [1.29, 1.82) is 5.26 Å². The maximum absolute atomic E-state index is 9.44. The second-order valence-electron chi connectivity index (χ2n) is 5.81. The van der Waals surface area contributed by atoms with Crippen LogP contribution in [0.1, 0.15) is 18.9 Å². The van der Waals surface area contributed by atoms with Crippen molar-refractivity contribution in [3.63, 3.8) is 0 Å². The lowest BCUT2D eigenvalue weighted by Gasteiger charge is -2.09. The molecule has 0 atom stereocenters. The minimum Gasteiger partial charge on any atom is -0.494 e. The molecule has 8 heteroatoms. The molecule has 0 radical (unpaired) electrons. The first kappa shape index (κ1) is 20.7. The third-order valence-electron chi connectivity index (χ3n) is 3.82. The smallest absolute Gasteiger partial charge is 0.290 e. The Hall–Kier alpha value is -2.63. The lowest BCUT2D eigenvalue weighted by atomic mass is 10.1. The molecule has 0 fully saturated rings. The Morgan fingerprint density at radius 2 is 2.04 bits per heavy atom. The summed E-state index contributed by atoms with van der Waals surface area (Å²) < 4.78 is 10.5. The summed E-state index contributed by atoms with van der Waals surface area (Å²) in [6, 6.07) is 9.90. The third-order valence-corrected chi connectivity index (χ3v) is 4.10. The van der Waals surface area contributed by atoms with Gasteiger partial charge in [-0.05, 0) is 43.4 Å². The van der Waals surface area contributed by atoms with Crippen molar-refractivity contribution in [3.05, 3.63) is 29.8 Å². The molecular formula is C19H26N5O2S+. The van der Waals surface area contributed by atoms with Crippen molar-refractivity contribution in [3.8, 4) is 11.8 Å². The molecule has 7 nitrogen and oxygen atoms in total. The maximum atomic E-state index is 9.44. The molecule has 0 saturated carbocycles. The average molecular weight is 389 g/mol. The number of methoxy groups -OCH3 is 1. The first-order valence-corrected chi connectivity index (χ1v) is 9.36. The van der Waals surface area contributed by atoms with E-state index in [1.807, 2.05) is 31.2 Å². The van der Waals surface area contributed by atoms with Gasteiger partial charge < -0.3 is 20.1 Å². The van der Waals surface area contributed by atoms with Gasteiger partial charge in [0.15, 0.2) is 5.11 Å². The molecule has 0 unspecified atom stereocenters. The Morgan fingerprint density at radius 1 is 1.22 bits per heavy atom. The Balaban J connectivity index is 1.88. The summed E-state index contributed by atoms with van der Waals surface area (Å²) in [5, 5.41) is 20.5. The average Bonchev–Trinajstić information content (AvgIpc) is 2.67. The van der Waals surface area contributed by atoms with Crippen LogP contribution in [0.2, 0.25) is 0 Å². The minimum absolute atomic E-state index is 0.570. The number of pyridine rings is 1. The first-order valence-electron chi connectivity index (χ1n) is 8.95. The van der Waals surface area contributed by atoms with E-state index >= 15 is 0 Å². The van der Waals surface area contributed by atoms with Crippen molar-refractivity contribution in [2.75, 3.05) is 45.3 Å². The van der Waals surface area contributed by atoms with E-state index < -0.39 is 0 Å². The van der Waals surface area contributed by atoms with Crippen LogP contribution in [0.5, 0.6) is 5.75 Å². The first-order chi connectivity index (χ1) is 13.2. The van der Waals surface area contributed by atoms with E-state index in [2.05, 4.69) is 27.0 Å². The fraction of sp³-hybridized carbons (Fsp3) is 0.421. The second-order valence-corrected chi connectivity index (χ2v) is 6.22. The summed E-state index contributed by atoms with van der Waals surface area (Å²) in [5.41, 5.74) is 1.52. The molecule has 2 rings (SSSR count). The fourth-order valence-electron chi connectivity index (χ4n) is 2.52. The summed E-state index contributed by atoms with van der Waals surface area (Å²) >= 11 is 5.17. The van der Waals surface area contributed by atoms with Gasteiger partial charge in [0.25, 0.3) is 5.82 Å². The largest absolute Gasteiger partial charge is 0.494 e. The highest BCUT2D eigenvalue weighted by atomic mass is 32.1. The highest BCUT2D eigenvalue weighted by Gasteiger charge is 2.12. The van der Waals surface area contributed by atoms with Crippen LogP contribution in [-0.2, 0) is 4.74 Å². The topological polar surface area (TPSA) is 92.5 Å². The van der Waals surface area contributed by atoms with E-state index in [0.717, 1.165) is 35.4 Å². The van der Waals surface area contributed by atoms with Crippen LogP contribution in [0.3, 0.4) is 0 Å². The molecule has 0 aliphatic carbocycles. The monoisotopic (exact) mass is 388 g/mol. The standard InChI is InChI=1S/C19H25N5O2S/c1-3-26-16-5-6-17-14(12-16)11-15(13-20)18(24-17)21-7-4-8-22-19(27)23-9-10-25-2/h5-6,11-12H,3-4,7-10H2,1-2H3,(H,21,24)(H2,22,23,27)/p+1. The molecule has 1 heterocycles. The number of hydrogen-bond acceptors (Lipinski definition) is 5. The van der Waals surface area contributed by atoms with Crippen molar-refractivity contribution >= 4 is 34.1 Å². The van der Waals surface area contributed by atoms with Gasteiger partial charge in [-0.2, -0.15) is 5.26 Å². The minimum atomic E-state index is 0.570. The number of aromatic amines is 1. The summed E-state index contributed by atoms with van der Waals surface area (Å²) in [4.78, 5) is 3.29. The van der Waals surface area contributed by atoms with Gasteiger partial charge in [-0.15, -0.1) is 0 Å². The molecular weight excluding hydrogens is 362 g/mol. The molecule has 27 heavy (non-hydrogen) atoms. The van der Waals surface area contributed by atoms with Crippen molar-refractivity contribution in [2.24, 2.45) is 0 Å². The summed E-state index contributed by atoms with van der Waals surface area (Å²) in [7, 11) is 1.65. The highest BCUT2D eigenvalue weighted by Crippen LogP contribution is 2.21. The number of rotatable bonds is 10. The number of nitrogens with one attached hydrogen (secondary N) is 4. The number of aromatic nitrogens is 1. The normalized spacial score (nSPS) is 10.3. The summed E-state index contributed by atoms with van der Waals surface area (Å²) in [6.07, 6.45) is 0.853. The van der Waals surface area contributed by atoms with Crippen molar-refractivity contribution in [1.82, 2.24) is 10.6 Å². The number of hydrogen-bond donors (Lipinski definition) is 3. The Bertz CT molecular complexity index is 807. The Labute approximate surface area is 165 Å². The molecule has 0 bridgehead atoms. The van der Waals surface area contributed by atoms with E-state index in [4.69, 9.17) is 21.7 Å². The zero-order valence-electron chi connectivity index (χ0n) is 15.7. The van der Waals surface area contributed by atoms with Crippen LogP contribution in [-0.4, -0.2) is 45.1 Å². The molecule has 0 spiro atoms. The lowest BCUT2D eigenvalue weighted by molar-refractivity contribution is -0.327. The maximum Gasteiger partial charge on any atom is 0.290 e. The van der Waals surface area contributed by atoms with Gasteiger partial charge in [0.05, 0.1) is 19.8 Å². The van der Waals surface area contributed by atoms with Crippen molar-refractivity contribution in [2.45, 2.75) is 13.3 Å². The van der Waals surface area contributed by atoms with Gasteiger partial charge in [0.1, 0.15) is 22.9 Å². The van der Waals surface area contributed by atoms with Crippen LogP contribution in [0.4, 0.5) is 5.82 Å². The highest BCUT2D eigenvalue weighted by molar-refractivity contribution is 7.80. The summed E-state index contributed by atoms with van der Waals surface area (Å²) in [6.45, 7) is 5.30. The van der Waals surface area contributed by atoms with Gasteiger partial charge in [-0.3, -0.25) is 5.32 Å². The predicted octanol–water partition coefficient (Wildman–Crippen LogP) is 1.84. The predicted molar refractivity (Wildman–Crippen MR) is 110 cm³/mol. The van der Waals surface area contributed by atoms with E-state index in [1.165, 1.54) is 0 Å². The molecule has 1 aromatic carbocycles. The van der Waals surface area contributed by atoms with Gasteiger partial charge in [-0.25, -0.2) is 4.98 Å². The van der Waals surface area contributed by atoms with E-state index in [-0.39, 0.29) is 0 Å². The van der Waals surface area contributed by atoms with Gasteiger partial charge in [0.2, 0.25) is 0 Å². The number of nitrogens with zero attached hydrogens (tertiary/aromatic N) is 1. The number of fused-ring (bicyclic) bond motifs is 1. The molecule has 0 saturated heterocycles. The quantitative estimate of drug-likeness (QED) is 0.422. The lowest BCUT2D eigenvalue weighted by Crippen LogP contribution is -2.37. The molecule has 0 aliphatic heterocycles. The zero-order chi connectivity index (χ0) is 19.5. The van der Waals surface area contributed by atoms with E-state index in [0.29, 0.717) is 37.0 Å².